The molecule has 1 fully saturated rings. The molecule has 5 atom stereocenters. The van der Waals surface area contributed by atoms with Crippen molar-refractivity contribution in [1.29, 1.82) is 0 Å². The molecule has 2 aliphatic rings. The maximum Gasteiger partial charge on any atom is 0.258 e. The van der Waals surface area contributed by atoms with E-state index in [0.717, 1.165) is 30.4 Å². The van der Waals surface area contributed by atoms with Crippen molar-refractivity contribution in [2.24, 2.45) is 28.7 Å². The van der Waals surface area contributed by atoms with Gasteiger partial charge in [-0.15, -0.1) is 11.3 Å². The molecule has 12 heteroatoms. The lowest BCUT2D eigenvalue weighted by molar-refractivity contribution is -0.172. The normalized spacial score (nSPS) is 19.2. The van der Waals surface area contributed by atoms with E-state index in [1.165, 1.54) is 16.9 Å². The molecule has 3 aromatic rings. The zero-order valence-corrected chi connectivity index (χ0v) is 29.8. The minimum Gasteiger partial charge on any atom is -0.376 e. The molecule has 5 rings (SSSR count). The summed E-state index contributed by atoms with van der Waals surface area (Å²) in [7, 11) is 0. The van der Waals surface area contributed by atoms with Crippen molar-refractivity contribution >= 4 is 40.9 Å². The first-order valence-electron chi connectivity index (χ1n) is 17.1. The van der Waals surface area contributed by atoms with Crippen LogP contribution < -0.4 is 27.4 Å². The number of primary amides is 2. The topological polar surface area (TPSA) is 183 Å². The summed E-state index contributed by atoms with van der Waals surface area (Å²) < 4.78 is 5.62. The molecule has 0 radical (unpaired) electrons. The predicted molar refractivity (Wildman–Crippen MR) is 193 cm³/mol. The van der Waals surface area contributed by atoms with Crippen molar-refractivity contribution in [2.45, 2.75) is 77.5 Å². The highest BCUT2D eigenvalue weighted by molar-refractivity contribution is 7.12. The summed E-state index contributed by atoms with van der Waals surface area (Å²) in [6, 6.07) is 20.4. The predicted octanol–water partition coefficient (Wildman–Crippen LogP) is 3.81. The summed E-state index contributed by atoms with van der Waals surface area (Å²) in [5.41, 5.74) is 13.7. The van der Waals surface area contributed by atoms with Gasteiger partial charge < -0.3 is 32.2 Å². The van der Waals surface area contributed by atoms with E-state index in [1.54, 1.807) is 12.1 Å². The number of ether oxygens (including phenoxy) is 1. The number of amides is 5. The quantitative estimate of drug-likeness (QED) is 0.180. The van der Waals surface area contributed by atoms with Crippen molar-refractivity contribution in [3.05, 3.63) is 93.7 Å². The second kappa shape index (κ2) is 17.9. The second-order valence-corrected chi connectivity index (χ2v) is 15.0. The Morgan fingerprint density at radius 1 is 0.940 bits per heavy atom. The van der Waals surface area contributed by atoms with Crippen LogP contribution in [0.5, 0.6) is 0 Å². The number of fused-ring (bicyclic) bond motifs is 1. The van der Waals surface area contributed by atoms with Gasteiger partial charge in [0.15, 0.2) is 0 Å². The molecular weight excluding hydrogens is 655 g/mol. The number of carbonyl (C=O) groups is 5. The molecule has 2 aromatic carbocycles. The highest BCUT2D eigenvalue weighted by Gasteiger charge is 2.46. The van der Waals surface area contributed by atoms with Gasteiger partial charge >= 0.3 is 0 Å². The number of carbonyl (C=O) groups excluding carboxylic acids is 5. The van der Waals surface area contributed by atoms with Crippen LogP contribution in [0.3, 0.4) is 0 Å². The Morgan fingerprint density at radius 2 is 1.66 bits per heavy atom. The third kappa shape index (κ3) is 11.2. The molecule has 2 heterocycles. The Morgan fingerprint density at radius 3 is 2.26 bits per heavy atom. The molecule has 7 N–H and O–H groups in total. The van der Waals surface area contributed by atoms with Gasteiger partial charge in [-0.3, -0.25) is 24.0 Å². The van der Waals surface area contributed by atoms with Gasteiger partial charge in [0, 0.05) is 13.0 Å². The summed E-state index contributed by atoms with van der Waals surface area (Å²) in [6.45, 7) is 6.52. The third-order valence-electron chi connectivity index (χ3n) is 8.83. The molecule has 1 aliphatic carbocycles. The summed E-state index contributed by atoms with van der Waals surface area (Å²) in [6.07, 6.45) is 2.67. The van der Waals surface area contributed by atoms with E-state index in [1.807, 2.05) is 74.7 Å². The molecule has 11 nitrogen and oxygen atoms in total. The zero-order valence-electron chi connectivity index (χ0n) is 29.0. The Hall–Kier alpha value is -4.55. The summed E-state index contributed by atoms with van der Waals surface area (Å²) in [5.74, 6) is -3.68. The SMILES string of the molecule is CC(C)(C)CNC(=O)C[C@H](C(=O)N[C@@H](CCc1ccccc1)C(=O)N[C@@H]1CCCc2ccccc21)C1OCC1C(N)=O.NC(=O)c1cccs1. The molecule has 1 saturated heterocycles. The van der Waals surface area contributed by atoms with Gasteiger partial charge in [-0.1, -0.05) is 81.4 Å². The fourth-order valence-corrected chi connectivity index (χ4v) is 6.61. The average Bonchev–Trinajstić information content (AvgIpc) is 3.61. The Kier molecular flexibility index (Phi) is 13.7. The number of thiophene rings is 1. The van der Waals surface area contributed by atoms with Gasteiger partial charge in [-0.05, 0) is 65.7 Å². The molecule has 1 aliphatic heterocycles. The number of benzene rings is 2. The maximum atomic E-state index is 13.8. The van der Waals surface area contributed by atoms with Crippen LogP contribution in [0, 0.1) is 17.3 Å². The van der Waals surface area contributed by atoms with E-state index < -0.39 is 35.8 Å². The lowest BCUT2D eigenvalue weighted by Crippen LogP contribution is -2.58. The standard InChI is InChI=1S/C33H44N4O5.C5H5NOS/c1-33(2,3)20-35-28(38)18-24(29-25(19-42-29)30(34)39)31(40)37-27(17-16-21-10-5-4-6-11-21)32(41)36-26-15-9-13-22-12-7-8-14-23(22)26;6-5(7)4-2-1-3-8-4/h4-8,10-12,14,24-27,29H,9,13,15-20H2,1-3H3,(H2,34,39)(H,35,38)(H,36,41)(H,37,40);1-3H,(H2,6,7)/t24-,25?,26+,27-,29?;/m0./s1. The van der Waals surface area contributed by atoms with Crippen LogP contribution in [0.2, 0.25) is 0 Å². The van der Waals surface area contributed by atoms with E-state index >= 15 is 0 Å². The summed E-state index contributed by atoms with van der Waals surface area (Å²) in [5, 5.41) is 10.8. The highest BCUT2D eigenvalue weighted by atomic mass is 32.1. The zero-order chi connectivity index (χ0) is 36.3. The number of aryl methyl sites for hydroxylation is 2. The molecule has 1 aromatic heterocycles. The Labute approximate surface area is 297 Å². The van der Waals surface area contributed by atoms with E-state index in [0.29, 0.717) is 24.3 Å². The molecule has 0 spiro atoms. The minimum atomic E-state index is -0.973. The Bertz CT molecular complexity index is 1610. The van der Waals surface area contributed by atoms with Gasteiger partial charge in [0.05, 0.1) is 35.5 Å². The van der Waals surface area contributed by atoms with Gasteiger partial charge in [0.25, 0.3) is 5.91 Å². The maximum absolute atomic E-state index is 13.8. The second-order valence-electron chi connectivity index (χ2n) is 14.0. The summed E-state index contributed by atoms with van der Waals surface area (Å²) in [4.78, 5) is 63.4. The molecule has 50 heavy (non-hydrogen) atoms. The van der Waals surface area contributed by atoms with E-state index in [-0.39, 0.29) is 42.2 Å². The van der Waals surface area contributed by atoms with Crippen molar-refractivity contribution < 1.29 is 28.7 Å². The smallest absolute Gasteiger partial charge is 0.258 e. The summed E-state index contributed by atoms with van der Waals surface area (Å²) >= 11 is 1.36. The molecule has 2 unspecified atom stereocenters. The van der Waals surface area contributed by atoms with E-state index in [9.17, 15) is 24.0 Å². The number of hydrogen-bond acceptors (Lipinski definition) is 7. The van der Waals surface area contributed by atoms with Crippen LogP contribution >= 0.6 is 11.3 Å². The van der Waals surface area contributed by atoms with Crippen molar-refractivity contribution in [3.63, 3.8) is 0 Å². The first-order valence-corrected chi connectivity index (χ1v) is 17.9. The van der Waals surface area contributed by atoms with Crippen LogP contribution in [0.15, 0.2) is 72.1 Å². The molecule has 0 bridgehead atoms. The third-order valence-corrected chi connectivity index (χ3v) is 9.72. The average molecular weight is 704 g/mol. The van der Waals surface area contributed by atoms with Gasteiger partial charge in [0.2, 0.25) is 23.6 Å². The number of nitrogens with one attached hydrogen (secondary N) is 3. The van der Waals surface area contributed by atoms with Crippen LogP contribution in [0.1, 0.15) is 78.9 Å². The van der Waals surface area contributed by atoms with Crippen LogP contribution in [-0.4, -0.2) is 54.8 Å². The van der Waals surface area contributed by atoms with E-state index in [2.05, 4.69) is 22.0 Å². The monoisotopic (exact) mass is 703 g/mol. The van der Waals surface area contributed by atoms with Crippen LogP contribution in [0.4, 0.5) is 0 Å². The lowest BCUT2D eigenvalue weighted by atomic mass is 9.83. The lowest BCUT2D eigenvalue weighted by Gasteiger charge is -2.39. The molecule has 5 amide bonds. The van der Waals surface area contributed by atoms with Gasteiger partial charge in [-0.2, -0.15) is 0 Å². The van der Waals surface area contributed by atoms with Crippen molar-refractivity contribution in [3.8, 4) is 0 Å². The minimum absolute atomic E-state index is 0.104. The fraction of sp³-hybridized carbons (Fsp3) is 0.447. The first-order chi connectivity index (χ1) is 23.8. The highest BCUT2D eigenvalue weighted by Crippen LogP contribution is 2.31. The number of hydrogen-bond donors (Lipinski definition) is 5. The molecule has 268 valence electrons. The van der Waals surface area contributed by atoms with Crippen LogP contribution in [-0.2, 0) is 36.8 Å². The molecular formula is C38H49N5O6S. The number of rotatable bonds is 13. The Balaban J connectivity index is 0.000000616. The molecule has 0 saturated carbocycles. The first kappa shape index (κ1) is 38.3. The van der Waals surface area contributed by atoms with Crippen molar-refractivity contribution in [2.75, 3.05) is 13.2 Å². The largest absolute Gasteiger partial charge is 0.376 e. The fourth-order valence-electron chi connectivity index (χ4n) is 6.04. The van der Waals surface area contributed by atoms with Gasteiger partial charge in [-0.25, -0.2) is 0 Å². The number of nitrogens with two attached hydrogens (primary N) is 2. The van der Waals surface area contributed by atoms with Crippen LogP contribution in [0.25, 0.3) is 0 Å². The van der Waals surface area contributed by atoms with Gasteiger partial charge in [0.1, 0.15) is 6.04 Å². The van der Waals surface area contributed by atoms with Crippen molar-refractivity contribution in [1.82, 2.24) is 16.0 Å². The van der Waals surface area contributed by atoms with E-state index in [4.69, 9.17) is 16.2 Å².